The summed E-state index contributed by atoms with van der Waals surface area (Å²) in [5, 5.41) is 2.67. The van der Waals surface area contributed by atoms with Crippen molar-refractivity contribution in [2.45, 2.75) is 30.7 Å². The molecule has 0 saturated carbocycles. The molecule has 0 bridgehead atoms. The third-order valence-electron chi connectivity index (χ3n) is 5.11. The highest BCUT2D eigenvalue weighted by molar-refractivity contribution is 7.89. The number of hydrogen-bond donors (Lipinski definition) is 2. The summed E-state index contributed by atoms with van der Waals surface area (Å²) in [6.07, 6.45) is 2.24. The second-order valence-electron chi connectivity index (χ2n) is 7.61. The molecule has 1 aliphatic rings. The molecule has 1 aromatic heterocycles. The van der Waals surface area contributed by atoms with Crippen LogP contribution in [0.15, 0.2) is 70.2 Å². The van der Waals surface area contributed by atoms with Crippen LogP contribution >= 0.6 is 0 Å². The standard InChI is InChI=1S/C24H24N2O7S/c27-21(17-4-10-22-23(15-17)33-14-2-13-32-22)9-11-24(28)26-18-5-7-20(8-6-18)34(29,30)25-16-19-3-1-12-31-19/h1,3-8,10,12,15,25H,2,9,11,13-14,16H2,(H,26,28). The Morgan fingerprint density at radius 2 is 1.68 bits per heavy atom. The van der Waals surface area contributed by atoms with Crippen molar-refractivity contribution in [3.05, 3.63) is 72.2 Å². The number of rotatable bonds is 9. The summed E-state index contributed by atoms with van der Waals surface area (Å²) in [7, 11) is -3.73. The van der Waals surface area contributed by atoms with Gasteiger partial charge in [0.25, 0.3) is 0 Å². The monoisotopic (exact) mass is 484 g/mol. The second-order valence-corrected chi connectivity index (χ2v) is 9.38. The number of benzene rings is 2. The van der Waals surface area contributed by atoms with Crippen molar-refractivity contribution in [1.29, 1.82) is 0 Å². The number of nitrogens with one attached hydrogen (secondary N) is 2. The number of carbonyl (C=O) groups excluding carboxylic acids is 2. The van der Waals surface area contributed by atoms with Crippen molar-refractivity contribution < 1.29 is 31.9 Å². The molecule has 9 nitrogen and oxygen atoms in total. The van der Waals surface area contributed by atoms with Crippen LogP contribution in [0.5, 0.6) is 11.5 Å². The third kappa shape index (κ3) is 6.03. The Morgan fingerprint density at radius 1 is 0.912 bits per heavy atom. The number of anilines is 1. The summed E-state index contributed by atoms with van der Waals surface area (Å²) in [5.74, 6) is 1.09. The number of hydrogen-bond acceptors (Lipinski definition) is 7. The molecular weight excluding hydrogens is 460 g/mol. The fraction of sp³-hybridized carbons (Fsp3) is 0.250. The molecular formula is C24H24N2O7S. The van der Waals surface area contributed by atoms with E-state index in [2.05, 4.69) is 10.0 Å². The normalized spacial score (nSPS) is 13.2. The first-order valence-electron chi connectivity index (χ1n) is 10.8. The van der Waals surface area contributed by atoms with Gasteiger partial charge in [-0.2, -0.15) is 0 Å². The minimum atomic E-state index is -3.73. The predicted octanol–water partition coefficient (Wildman–Crippen LogP) is 3.52. The molecule has 0 unspecified atom stereocenters. The van der Waals surface area contributed by atoms with Gasteiger partial charge < -0.3 is 19.2 Å². The van der Waals surface area contributed by atoms with Crippen molar-refractivity contribution >= 4 is 27.4 Å². The van der Waals surface area contributed by atoms with Crippen molar-refractivity contribution in [3.63, 3.8) is 0 Å². The molecule has 2 N–H and O–H groups in total. The summed E-state index contributed by atoms with van der Waals surface area (Å²) in [4.78, 5) is 24.9. The van der Waals surface area contributed by atoms with Crippen LogP contribution in [0.1, 0.15) is 35.4 Å². The zero-order chi connectivity index (χ0) is 24.0. The number of carbonyl (C=O) groups is 2. The van der Waals surface area contributed by atoms with Crippen LogP contribution in [0.2, 0.25) is 0 Å². The van der Waals surface area contributed by atoms with Gasteiger partial charge in [0.15, 0.2) is 17.3 Å². The quantitative estimate of drug-likeness (QED) is 0.445. The zero-order valence-electron chi connectivity index (χ0n) is 18.3. The van der Waals surface area contributed by atoms with Gasteiger partial charge >= 0.3 is 0 Å². The second kappa shape index (κ2) is 10.5. The number of ether oxygens (including phenoxy) is 2. The Kier molecular flexibility index (Phi) is 7.29. The van der Waals surface area contributed by atoms with E-state index in [1.165, 1.54) is 30.5 Å². The number of ketones is 1. The molecule has 10 heteroatoms. The highest BCUT2D eigenvalue weighted by Crippen LogP contribution is 2.30. The molecule has 0 saturated heterocycles. The van der Waals surface area contributed by atoms with E-state index in [9.17, 15) is 18.0 Å². The Balaban J connectivity index is 1.28. The first kappa shape index (κ1) is 23.5. The summed E-state index contributed by atoms with van der Waals surface area (Å²) in [6, 6.07) is 14.1. The van der Waals surface area contributed by atoms with Gasteiger partial charge in [-0.1, -0.05) is 0 Å². The van der Waals surface area contributed by atoms with Crippen LogP contribution in [0, 0.1) is 0 Å². The number of sulfonamides is 1. The van der Waals surface area contributed by atoms with Crippen LogP contribution in [-0.4, -0.2) is 33.3 Å². The van der Waals surface area contributed by atoms with Crippen molar-refractivity contribution in [1.82, 2.24) is 4.72 Å². The van der Waals surface area contributed by atoms with Gasteiger partial charge in [0, 0.05) is 30.5 Å². The molecule has 0 fully saturated rings. The van der Waals surface area contributed by atoms with E-state index in [0.29, 0.717) is 41.7 Å². The van der Waals surface area contributed by atoms with E-state index >= 15 is 0 Å². The number of fused-ring (bicyclic) bond motifs is 1. The first-order chi connectivity index (χ1) is 16.4. The summed E-state index contributed by atoms with van der Waals surface area (Å²) in [6.45, 7) is 1.12. The molecule has 178 valence electrons. The minimum Gasteiger partial charge on any atom is -0.490 e. The lowest BCUT2D eigenvalue weighted by Gasteiger charge is -2.09. The lowest BCUT2D eigenvalue weighted by atomic mass is 10.1. The highest BCUT2D eigenvalue weighted by atomic mass is 32.2. The average Bonchev–Trinajstić information content (AvgIpc) is 3.25. The van der Waals surface area contributed by atoms with Gasteiger partial charge in [-0.25, -0.2) is 13.1 Å². The molecule has 0 aliphatic carbocycles. The maximum Gasteiger partial charge on any atom is 0.240 e. The fourth-order valence-corrected chi connectivity index (χ4v) is 4.31. The summed E-state index contributed by atoms with van der Waals surface area (Å²) in [5.41, 5.74) is 0.881. The predicted molar refractivity (Wildman–Crippen MR) is 123 cm³/mol. The van der Waals surface area contributed by atoms with Crippen LogP contribution < -0.4 is 19.5 Å². The molecule has 0 radical (unpaired) electrons. The van der Waals surface area contributed by atoms with Crippen molar-refractivity contribution in [3.8, 4) is 11.5 Å². The van der Waals surface area contributed by atoms with Crippen LogP contribution in [0.25, 0.3) is 0 Å². The topological polar surface area (TPSA) is 124 Å². The molecule has 3 aromatic rings. The van der Waals surface area contributed by atoms with Gasteiger partial charge in [-0.05, 0) is 54.6 Å². The summed E-state index contributed by atoms with van der Waals surface area (Å²) >= 11 is 0. The first-order valence-corrected chi connectivity index (χ1v) is 12.2. The largest absolute Gasteiger partial charge is 0.490 e. The Hall–Kier alpha value is -3.63. The number of furan rings is 1. The molecule has 1 amide bonds. The number of Topliss-reactive ketones (excluding diaryl/α,β-unsaturated/α-hetero) is 1. The van der Waals surface area contributed by atoms with Gasteiger partial charge in [-0.3, -0.25) is 9.59 Å². The van der Waals surface area contributed by atoms with Crippen LogP contribution in [-0.2, 0) is 21.4 Å². The van der Waals surface area contributed by atoms with E-state index in [0.717, 1.165) is 6.42 Å². The third-order valence-corrected chi connectivity index (χ3v) is 6.53. The Labute approximate surface area is 197 Å². The van der Waals surface area contributed by atoms with E-state index in [-0.39, 0.29) is 36.0 Å². The van der Waals surface area contributed by atoms with Crippen molar-refractivity contribution in [2.24, 2.45) is 0 Å². The van der Waals surface area contributed by atoms with Crippen LogP contribution in [0.4, 0.5) is 5.69 Å². The summed E-state index contributed by atoms with van der Waals surface area (Å²) < 4.78 is 43.5. The maximum absolute atomic E-state index is 12.5. The lowest BCUT2D eigenvalue weighted by Crippen LogP contribution is -2.23. The fourth-order valence-electron chi connectivity index (χ4n) is 3.31. The smallest absolute Gasteiger partial charge is 0.240 e. The highest BCUT2D eigenvalue weighted by Gasteiger charge is 2.17. The van der Waals surface area contributed by atoms with Gasteiger partial charge in [0.2, 0.25) is 15.9 Å². The van der Waals surface area contributed by atoms with Gasteiger partial charge in [-0.15, -0.1) is 0 Å². The average molecular weight is 485 g/mol. The SMILES string of the molecule is O=C(CCC(=O)c1ccc2c(c1)OCCCO2)Nc1ccc(S(=O)(=O)NCc2ccco2)cc1. The molecule has 0 atom stereocenters. The van der Waals surface area contributed by atoms with Gasteiger partial charge in [0.1, 0.15) is 5.76 Å². The number of amides is 1. The van der Waals surface area contributed by atoms with E-state index < -0.39 is 10.0 Å². The Bertz CT molecular complexity index is 1250. The molecule has 4 rings (SSSR count). The van der Waals surface area contributed by atoms with E-state index in [4.69, 9.17) is 13.9 Å². The maximum atomic E-state index is 12.5. The molecule has 2 aromatic carbocycles. The molecule has 1 aliphatic heterocycles. The zero-order valence-corrected chi connectivity index (χ0v) is 19.1. The minimum absolute atomic E-state index is 0.0158. The molecule has 34 heavy (non-hydrogen) atoms. The van der Waals surface area contributed by atoms with E-state index in [1.54, 1.807) is 30.3 Å². The molecule has 0 spiro atoms. The van der Waals surface area contributed by atoms with Gasteiger partial charge in [0.05, 0.1) is 30.9 Å². The van der Waals surface area contributed by atoms with Crippen LogP contribution in [0.3, 0.4) is 0 Å². The van der Waals surface area contributed by atoms with E-state index in [1.807, 2.05) is 0 Å². The van der Waals surface area contributed by atoms with Crippen molar-refractivity contribution in [2.75, 3.05) is 18.5 Å². The lowest BCUT2D eigenvalue weighted by molar-refractivity contribution is -0.116. The molecule has 2 heterocycles. The Morgan fingerprint density at radius 3 is 2.41 bits per heavy atom.